The molecule has 0 aliphatic carbocycles. The SMILES string of the molecule is Cc1cn(C)c(=O)c2[nH]ccc12.O=C(NCc1ccccc1)c1ccccc1. The Morgan fingerprint density at radius 2 is 1.64 bits per heavy atom. The molecule has 0 bridgehead atoms. The van der Waals surface area contributed by atoms with Crippen molar-refractivity contribution in [3.63, 3.8) is 0 Å². The molecule has 0 spiro atoms. The average molecular weight is 373 g/mol. The third-order valence-corrected chi connectivity index (χ3v) is 4.43. The van der Waals surface area contributed by atoms with Crippen LogP contribution in [0.5, 0.6) is 0 Å². The molecule has 0 saturated carbocycles. The molecule has 0 saturated heterocycles. The van der Waals surface area contributed by atoms with E-state index in [0.717, 1.165) is 16.5 Å². The fraction of sp³-hybridized carbons (Fsp3) is 0.130. The Morgan fingerprint density at radius 1 is 1.00 bits per heavy atom. The molecule has 1 amide bonds. The molecule has 0 radical (unpaired) electrons. The lowest BCUT2D eigenvalue weighted by Gasteiger charge is -2.04. The van der Waals surface area contributed by atoms with E-state index < -0.39 is 0 Å². The largest absolute Gasteiger partial charge is 0.357 e. The van der Waals surface area contributed by atoms with Gasteiger partial charge in [-0.3, -0.25) is 9.59 Å². The molecule has 0 fully saturated rings. The van der Waals surface area contributed by atoms with Crippen molar-refractivity contribution in [1.82, 2.24) is 14.9 Å². The van der Waals surface area contributed by atoms with E-state index in [2.05, 4.69) is 10.3 Å². The molecule has 2 N–H and O–H groups in total. The highest BCUT2D eigenvalue weighted by atomic mass is 16.1. The number of aromatic nitrogens is 2. The molecule has 5 heteroatoms. The van der Waals surface area contributed by atoms with Gasteiger partial charge >= 0.3 is 0 Å². The first-order chi connectivity index (χ1) is 13.6. The van der Waals surface area contributed by atoms with Gasteiger partial charge in [0.2, 0.25) is 0 Å². The van der Waals surface area contributed by atoms with Crippen molar-refractivity contribution in [1.29, 1.82) is 0 Å². The standard InChI is InChI=1S/C14H13NO.C9H10N2O/c16-14(13-9-5-2-6-10-13)15-11-12-7-3-1-4-8-12;1-6-5-11(2)9(12)8-7(6)3-4-10-8/h1-10H,11H2,(H,15,16);3-5,10H,1-2H3. The Labute approximate surface area is 163 Å². The number of aromatic amines is 1. The van der Waals surface area contributed by atoms with Crippen LogP contribution in [0.15, 0.2) is 83.9 Å². The summed E-state index contributed by atoms with van der Waals surface area (Å²) in [4.78, 5) is 26.1. The fourth-order valence-electron chi connectivity index (χ4n) is 2.94. The number of carbonyl (C=O) groups excluding carboxylic acids is 1. The van der Waals surface area contributed by atoms with E-state index in [-0.39, 0.29) is 11.5 Å². The lowest BCUT2D eigenvalue weighted by molar-refractivity contribution is 0.0951. The molecule has 5 nitrogen and oxygen atoms in total. The number of hydrogen-bond donors (Lipinski definition) is 2. The molecule has 0 aliphatic heterocycles. The number of carbonyl (C=O) groups is 1. The summed E-state index contributed by atoms with van der Waals surface area (Å²) in [6, 6.07) is 21.0. The van der Waals surface area contributed by atoms with Crippen LogP contribution in [0, 0.1) is 6.92 Å². The molecule has 0 aliphatic rings. The van der Waals surface area contributed by atoms with Crippen molar-refractivity contribution < 1.29 is 4.79 Å². The number of benzene rings is 2. The van der Waals surface area contributed by atoms with Gasteiger partial charge in [-0.25, -0.2) is 0 Å². The quantitative estimate of drug-likeness (QED) is 0.574. The minimum absolute atomic E-state index is 0.0283. The number of amides is 1. The number of aryl methyl sites for hydroxylation is 2. The summed E-state index contributed by atoms with van der Waals surface area (Å²) in [6.07, 6.45) is 3.64. The minimum atomic E-state index is -0.0375. The van der Waals surface area contributed by atoms with Gasteiger partial charge in [0.15, 0.2) is 0 Å². The second kappa shape index (κ2) is 8.86. The van der Waals surface area contributed by atoms with Crippen molar-refractivity contribution in [2.24, 2.45) is 7.05 Å². The third kappa shape index (κ3) is 4.57. The molecule has 142 valence electrons. The Balaban J connectivity index is 0.000000167. The van der Waals surface area contributed by atoms with Gasteiger partial charge in [-0.15, -0.1) is 0 Å². The van der Waals surface area contributed by atoms with Gasteiger partial charge in [-0.2, -0.15) is 0 Å². The van der Waals surface area contributed by atoms with Crippen LogP contribution in [0.1, 0.15) is 21.5 Å². The Hall–Kier alpha value is -3.60. The molecule has 0 unspecified atom stereocenters. The van der Waals surface area contributed by atoms with E-state index in [1.807, 2.05) is 67.7 Å². The Kier molecular flexibility index (Phi) is 6.07. The summed E-state index contributed by atoms with van der Waals surface area (Å²) in [5.41, 5.74) is 3.64. The number of nitrogens with zero attached hydrogens (tertiary/aromatic N) is 1. The summed E-state index contributed by atoms with van der Waals surface area (Å²) < 4.78 is 1.59. The zero-order chi connectivity index (χ0) is 19.9. The van der Waals surface area contributed by atoms with E-state index in [4.69, 9.17) is 0 Å². The van der Waals surface area contributed by atoms with Crippen LogP contribution in [0.25, 0.3) is 10.9 Å². The van der Waals surface area contributed by atoms with Crippen molar-refractivity contribution in [2.75, 3.05) is 0 Å². The third-order valence-electron chi connectivity index (χ3n) is 4.43. The summed E-state index contributed by atoms with van der Waals surface area (Å²) >= 11 is 0. The topological polar surface area (TPSA) is 66.9 Å². The first-order valence-electron chi connectivity index (χ1n) is 9.07. The molecule has 28 heavy (non-hydrogen) atoms. The maximum atomic E-state index is 11.7. The highest BCUT2D eigenvalue weighted by molar-refractivity contribution is 5.94. The highest BCUT2D eigenvalue weighted by Crippen LogP contribution is 2.11. The minimum Gasteiger partial charge on any atom is -0.357 e. The molecule has 2 heterocycles. The summed E-state index contributed by atoms with van der Waals surface area (Å²) in [5.74, 6) is -0.0375. The van der Waals surface area contributed by atoms with Gasteiger partial charge in [-0.1, -0.05) is 48.5 Å². The fourth-order valence-corrected chi connectivity index (χ4v) is 2.94. The van der Waals surface area contributed by atoms with E-state index in [9.17, 15) is 9.59 Å². The molecule has 2 aromatic heterocycles. The maximum absolute atomic E-state index is 11.7. The van der Waals surface area contributed by atoms with Crippen LogP contribution < -0.4 is 10.9 Å². The van der Waals surface area contributed by atoms with Crippen molar-refractivity contribution in [3.8, 4) is 0 Å². The number of hydrogen-bond acceptors (Lipinski definition) is 2. The van der Waals surface area contributed by atoms with Crippen molar-refractivity contribution in [3.05, 3.63) is 106 Å². The van der Waals surface area contributed by atoms with Gasteiger partial charge in [0.25, 0.3) is 11.5 Å². The molecular formula is C23H23N3O2. The number of H-pyrrole nitrogens is 1. The molecule has 4 rings (SSSR count). The number of nitrogens with one attached hydrogen (secondary N) is 2. The first kappa shape index (κ1) is 19.2. The average Bonchev–Trinajstić information content (AvgIpc) is 3.23. The first-order valence-corrected chi connectivity index (χ1v) is 9.07. The van der Waals surface area contributed by atoms with E-state index in [1.165, 1.54) is 0 Å². The van der Waals surface area contributed by atoms with Gasteiger partial charge in [0, 0.05) is 36.9 Å². The summed E-state index contributed by atoms with van der Waals surface area (Å²) in [7, 11) is 1.76. The van der Waals surface area contributed by atoms with Crippen LogP contribution in [0.4, 0.5) is 0 Å². The second-order valence-electron chi connectivity index (χ2n) is 6.53. The molecule has 2 aromatic carbocycles. The highest BCUT2D eigenvalue weighted by Gasteiger charge is 2.04. The van der Waals surface area contributed by atoms with Gasteiger partial charge in [0.1, 0.15) is 5.52 Å². The van der Waals surface area contributed by atoms with Crippen molar-refractivity contribution >= 4 is 16.8 Å². The lowest BCUT2D eigenvalue weighted by Crippen LogP contribution is -2.22. The number of pyridine rings is 1. The normalized spacial score (nSPS) is 10.2. The van der Waals surface area contributed by atoms with Crippen LogP contribution in [-0.4, -0.2) is 15.5 Å². The molecule has 4 aromatic rings. The second-order valence-corrected chi connectivity index (χ2v) is 6.53. The zero-order valence-electron chi connectivity index (χ0n) is 16.0. The predicted octanol–water partition coefficient (Wildman–Crippen LogP) is 3.79. The van der Waals surface area contributed by atoms with Gasteiger partial charge < -0.3 is 14.9 Å². The van der Waals surface area contributed by atoms with Crippen LogP contribution >= 0.6 is 0 Å². The van der Waals surface area contributed by atoms with Crippen molar-refractivity contribution in [2.45, 2.75) is 13.5 Å². The van der Waals surface area contributed by atoms with E-state index in [1.54, 1.807) is 29.9 Å². The Bertz CT molecular complexity index is 1110. The maximum Gasteiger partial charge on any atom is 0.274 e. The predicted molar refractivity (Wildman–Crippen MR) is 112 cm³/mol. The lowest BCUT2D eigenvalue weighted by atomic mass is 10.2. The monoisotopic (exact) mass is 373 g/mol. The smallest absolute Gasteiger partial charge is 0.274 e. The van der Waals surface area contributed by atoms with Gasteiger partial charge in [-0.05, 0) is 36.2 Å². The van der Waals surface area contributed by atoms with E-state index >= 15 is 0 Å². The molecular weight excluding hydrogens is 350 g/mol. The number of rotatable bonds is 3. The Morgan fingerprint density at radius 3 is 2.32 bits per heavy atom. The summed E-state index contributed by atoms with van der Waals surface area (Å²) in [6.45, 7) is 2.56. The van der Waals surface area contributed by atoms with Crippen LogP contribution in [0.3, 0.4) is 0 Å². The van der Waals surface area contributed by atoms with Crippen LogP contribution in [0.2, 0.25) is 0 Å². The molecule has 0 atom stereocenters. The van der Waals surface area contributed by atoms with E-state index in [0.29, 0.717) is 17.6 Å². The van der Waals surface area contributed by atoms with Crippen LogP contribution in [-0.2, 0) is 13.6 Å². The summed E-state index contributed by atoms with van der Waals surface area (Å²) in [5, 5.41) is 3.89. The zero-order valence-corrected chi connectivity index (χ0v) is 16.0. The number of fused-ring (bicyclic) bond motifs is 1. The van der Waals surface area contributed by atoms with Gasteiger partial charge in [0.05, 0.1) is 0 Å².